The minimum absolute atomic E-state index is 0.153. The third-order valence-corrected chi connectivity index (χ3v) is 3.09. The SMILES string of the molecule is CC(C)Oc1cccc(C(CN)NCCCCCO)c1. The second-order valence-electron chi connectivity index (χ2n) is 5.27. The molecule has 0 spiro atoms. The van der Waals surface area contributed by atoms with Gasteiger partial charge < -0.3 is 20.9 Å². The molecule has 0 aliphatic heterocycles. The molecule has 20 heavy (non-hydrogen) atoms. The summed E-state index contributed by atoms with van der Waals surface area (Å²) in [5.74, 6) is 0.887. The molecule has 1 rings (SSSR count). The van der Waals surface area contributed by atoms with Crippen molar-refractivity contribution in [2.45, 2.75) is 45.3 Å². The molecule has 1 atom stereocenters. The number of nitrogens with one attached hydrogen (secondary N) is 1. The molecular formula is C16H28N2O2. The van der Waals surface area contributed by atoms with Crippen LogP contribution in [-0.2, 0) is 0 Å². The van der Waals surface area contributed by atoms with Crippen molar-refractivity contribution < 1.29 is 9.84 Å². The standard InChI is InChI=1S/C16H28N2O2/c1-13(2)20-15-8-6-7-14(11-15)16(12-17)18-9-4-3-5-10-19/h6-8,11,13,16,18-19H,3-5,9-10,12,17H2,1-2H3. The molecular weight excluding hydrogens is 252 g/mol. The first-order valence-corrected chi connectivity index (χ1v) is 7.48. The highest BCUT2D eigenvalue weighted by Crippen LogP contribution is 2.20. The zero-order valence-electron chi connectivity index (χ0n) is 12.6. The van der Waals surface area contributed by atoms with Gasteiger partial charge in [-0.25, -0.2) is 0 Å². The molecule has 1 unspecified atom stereocenters. The first-order valence-electron chi connectivity index (χ1n) is 7.48. The Balaban J connectivity index is 2.51. The monoisotopic (exact) mass is 280 g/mol. The molecule has 4 heteroatoms. The number of aliphatic hydroxyl groups is 1. The third-order valence-electron chi connectivity index (χ3n) is 3.09. The normalized spacial score (nSPS) is 12.7. The average molecular weight is 280 g/mol. The molecule has 0 bridgehead atoms. The Hall–Kier alpha value is -1.10. The van der Waals surface area contributed by atoms with Crippen LogP contribution in [0.2, 0.25) is 0 Å². The van der Waals surface area contributed by atoms with E-state index in [0.29, 0.717) is 6.54 Å². The van der Waals surface area contributed by atoms with Crippen LogP contribution in [0.3, 0.4) is 0 Å². The maximum Gasteiger partial charge on any atom is 0.120 e. The van der Waals surface area contributed by atoms with Crippen molar-refractivity contribution >= 4 is 0 Å². The van der Waals surface area contributed by atoms with E-state index < -0.39 is 0 Å². The molecule has 0 amide bonds. The van der Waals surface area contributed by atoms with E-state index in [2.05, 4.69) is 17.4 Å². The van der Waals surface area contributed by atoms with Gasteiger partial charge >= 0.3 is 0 Å². The number of hydrogen-bond acceptors (Lipinski definition) is 4. The third kappa shape index (κ3) is 6.37. The number of benzene rings is 1. The molecule has 0 saturated heterocycles. The Morgan fingerprint density at radius 1 is 1.25 bits per heavy atom. The average Bonchev–Trinajstić information content (AvgIpc) is 2.42. The van der Waals surface area contributed by atoms with Crippen LogP contribution < -0.4 is 15.8 Å². The van der Waals surface area contributed by atoms with Gasteiger partial charge in [0, 0.05) is 19.2 Å². The van der Waals surface area contributed by atoms with Gasteiger partial charge in [0.2, 0.25) is 0 Å². The second-order valence-corrected chi connectivity index (χ2v) is 5.27. The lowest BCUT2D eigenvalue weighted by Gasteiger charge is -2.19. The van der Waals surface area contributed by atoms with Gasteiger partial charge in [-0.05, 0) is 57.4 Å². The molecule has 0 saturated carbocycles. The summed E-state index contributed by atoms with van der Waals surface area (Å²) >= 11 is 0. The topological polar surface area (TPSA) is 67.5 Å². The van der Waals surface area contributed by atoms with Crippen LogP contribution >= 0.6 is 0 Å². The van der Waals surface area contributed by atoms with Crippen molar-refractivity contribution in [3.8, 4) is 5.75 Å². The highest BCUT2D eigenvalue weighted by molar-refractivity contribution is 5.31. The predicted molar refractivity (Wildman–Crippen MR) is 82.9 cm³/mol. The first-order chi connectivity index (χ1) is 9.67. The molecule has 0 fully saturated rings. The molecule has 0 aromatic heterocycles. The lowest BCUT2D eigenvalue weighted by atomic mass is 10.1. The second kappa shape index (κ2) is 9.75. The van der Waals surface area contributed by atoms with Gasteiger partial charge in [-0.15, -0.1) is 0 Å². The molecule has 0 aliphatic carbocycles. The fraction of sp³-hybridized carbons (Fsp3) is 0.625. The van der Waals surface area contributed by atoms with Gasteiger partial charge in [-0.2, -0.15) is 0 Å². The first kappa shape index (κ1) is 17.0. The van der Waals surface area contributed by atoms with Crippen molar-refractivity contribution in [2.75, 3.05) is 19.7 Å². The van der Waals surface area contributed by atoms with Gasteiger partial charge in [-0.1, -0.05) is 12.1 Å². The van der Waals surface area contributed by atoms with E-state index in [-0.39, 0.29) is 18.8 Å². The van der Waals surface area contributed by atoms with Crippen LogP contribution in [0.1, 0.15) is 44.7 Å². The van der Waals surface area contributed by atoms with Crippen molar-refractivity contribution in [1.82, 2.24) is 5.32 Å². The summed E-state index contributed by atoms with van der Waals surface area (Å²) in [5.41, 5.74) is 7.01. The number of aliphatic hydroxyl groups excluding tert-OH is 1. The number of ether oxygens (including phenoxy) is 1. The number of rotatable bonds is 10. The summed E-state index contributed by atoms with van der Waals surface area (Å²) in [7, 11) is 0. The minimum Gasteiger partial charge on any atom is -0.491 e. The lowest BCUT2D eigenvalue weighted by molar-refractivity contribution is 0.242. The summed E-state index contributed by atoms with van der Waals surface area (Å²) in [6.07, 6.45) is 3.14. The van der Waals surface area contributed by atoms with Crippen molar-refractivity contribution in [2.24, 2.45) is 5.73 Å². The highest BCUT2D eigenvalue weighted by atomic mass is 16.5. The lowest BCUT2D eigenvalue weighted by Crippen LogP contribution is -2.29. The van der Waals surface area contributed by atoms with E-state index >= 15 is 0 Å². The van der Waals surface area contributed by atoms with Gasteiger partial charge in [0.15, 0.2) is 0 Å². The zero-order valence-corrected chi connectivity index (χ0v) is 12.6. The Bertz CT molecular complexity index is 369. The smallest absolute Gasteiger partial charge is 0.120 e. The molecule has 4 N–H and O–H groups in total. The summed E-state index contributed by atoms with van der Waals surface area (Å²) in [4.78, 5) is 0. The van der Waals surface area contributed by atoms with Crippen molar-refractivity contribution in [3.05, 3.63) is 29.8 Å². The summed E-state index contributed by atoms with van der Waals surface area (Å²) < 4.78 is 5.71. The summed E-state index contributed by atoms with van der Waals surface area (Å²) in [5, 5.41) is 12.2. The fourth-order valence-corrected chi connectivity index (χ4v) is 2.10. The van der Waals surface area contributed by atoms with E-state index in [0.717, 1.165) is 37.1 Å². The molecule has 4 nitrogen and oxygen atoms in total. The van der Waals surface area contributed by atoms with E-state index in [1.807, 2.05) is 26.0 Å². The Morgan fingerprint density at radius 3 is 2.70 bits per heavy atom. The number of hydrogen-bond donors (Lipinski definition) is 3. The largest absolute Gasteiger partial charge is 0.491 e. The Kier molecular flexibility index (Phi) is 8.26. The van der Waals surface area contributed by atoms with E-state index in [4.69, 9.17) is 15.6 Å². The number of unbranched alkanes of at least 4 members (excludes halogenated alkanes) is 2. The fourth-order valence-electron chi connectivity index (χ4n) is 2.10. The van der Waals surface area contributed by atoms with Crippen LogP contribution in [0.5, 0.6) is 5.75 Å². The highest BCUT2D eigenvalue weighted by Gasteiger charge is 2.09. The van der Waals surface area contributed by atoms with Gasteiger partial charge in [-0.3, -0.25) is 0 Å². The molecule has 114 valence electrons. The van der Waals surface area contributed by atoms with Crippen LogP contribution in [-0.4, -0.2) is 30.9 Å². The predicted octanol–water partition coefficient (Wildman–Crippen LogP) is 2.23. The van der Waals surface area contributed by atoms with Crippen LogP contribution in [0, 0.1) is 0 Å². The van der Waals surface area contributed by atoms with Gasteiger partial charge in [0.05, 0.1) is 6.10 Å². The van der Waals surface area contributed by atoms with Gasteiger partial charge in [0.1, 0.15) is 5.75 Å². The molecule has 0 heterocycles. The number of nitrogens with two attached hydrogens (primary N) is 1. The molecule has 0 aliphatic rings. The maximum atomic E-state index is 8.75. The molecule has 0 radical (unpaired) electrons. The van der Waals surface area contributed by atoms with E-state index in [1.54, 1.807) is 0 Å². The van der Waals surface area contributed by atoms with Crippen molar-refractivity contribution in [3.63, 3.8) is 0 Å². The van der Waals surface area contributed by atoms with E-state index in [9.17, 15) is 0 Å². The minimum atomic E-state index is 0.153. The Labute approximate surface area is 122 Å². The summed E-state index contributed by atoms with van der Waals surface area (Å²) in [6.45, 7) is 5.79. The maximum absolute atomic E-state index is 8.75. The van der Waals surface area contributed by atoms with Crippen molar-refractivity contribution in [1.29, 1.82) is 0 Å². The summed E-state index contributed by atoms with van der Waals surface area (Å²) in [6, 6.07) is 8.25. The van der Waals surface area contributed by atoms with Crippen LogP contribution in [0.4, 0.5) is 0 Å². The molecule has 1 aromatic carbocycles. The van der Waals surface area contributed by atoms with Crippen LogP contribution in [0.25, 0.3) is 0 Å². The quantitative estimate of drug-likeness (QED) is 0.575. The zero-order chi connectivity index (χ0) is 14.8. The van der Waals surface area contributed by atoms with E-state index in [1.165, 1.54) is 0 Å². The van der Waals surface area contributed by atoms with Crippen LogP contribution in [0.15, 0.2) is 24.3 Å². The molecule has 1 aromatic rings. The Morgan fingerprint density at radius 2 is 2.05 bits per heavy atom. The van der Waals surface area contributed by atoms with Gasteiger partial charge in [0.25, 0.3) is 0 Å².